The van der Waals surface area contributed by atoms with Crippen LogP contribution in [-0.2, 0) is 4.79 Å². The number of nitrogens with zero attached hydrogens (tertiary/aromatic N) is 1. The summed E-state index contributed by atoms with van der Waals surface area (Å²) < 4.78 is 0. The Kier molecular flexibility index (Phi) is 6.09. The van der Waals surface area contributed by atoms with E-state index in [-0.39, 0.29) is 5.41 Å². The Morgan fingerprint density at radius 1 is 1.14 bits per heavy atom. The zero-order valence-corrected chi connectivity index (χ0v) is 14.3. The second-order valence-electron chi connectivity index (χ2n) is 7.28. The maximum Gasteiger partial charge on any atom is 0.228 e. The number of hydrogen-bond donors (Lipinski definition) is 1. The van der Waals surface area contributed by atoms with Crippen LogP contribution in [-0.4, -0.2) is 37.0 Å². The van der Waals surface area contributed by atoms with Crippen LogP contribution in [0, 0.1) is 11.3 Å². The molecule has 0 aromatic carbocycles. The Hall–Kier alpha value is -0.570. The van der Waals surface area contributed by atoms with Gasteiger partial charge in [-0.05, 0) is 64.0 Å². The molecular formula is C18H34N2O. The lowest BCUT2D eigenvalue weighted by Crippen LogP contribution is -2.51. The van der Waals surface area contributed by atoms with Crippen LogP contribution >= 0.6 is 0 Å². The van der Waals surface area contributed by atoms with E-state index in [4.69, 9.17) is 0 Å². The van der Waals surface area contributed by atoms with Gasteiger partial charge in [0.25, 0.3) is 0 Å². The van der Waals surface area contributed by atoms with Gasteiger partial charge in [0.15, 0.2) is 0 Å². The van der Waals surface area contributed by atoms with E-state index >= 15 is 0 Å². The molecule has 3 nitrogen and oxygen atoms in total. The standard InChI is InChI=1S/C18H34N2O/c1-4-10-18(11-13-19-14-12-18)17(21)20(3)16-8-6-15(5-2)7-9-16/h15-16,19H,4-14H2,1-3H3. The summed E-state index contributed by atoms with van der Waals surface area (Å²) in [4.78, 5) is 15.3. The number of carbonyl (C=O) groups is 1. The first kappa shape index (κ1) is 16.8. The lowest BCUT2D eigenvalue weighted by atomic mass is 9.73. The minimum Gasteiger partial charge on any atom is -0.342 e. The summed E-state index contributed by atoms with van der Waals surface area (Å²) in [7, 11) is 2.07. The topological polar surface area (TPSA) is 32.3 Å². The first-order chi connectivity index (χ1) is 10.1. The summed E-state index contributed by atoms with van der Waals surface area (Å²) in [5, 5.41) is 3.41. The van der Waals surface area contributed by atoms with Crippen LogP contribution in [0.5, 0.6) is 0 Å². The summed E-state index contributed by atoms with van der Waals surface area (Å²) in [6.45, 7) is 6.51. The fourth-order valence-electron chi connectivity index (χ4n) is 4.44. The van der Waals surface area contributed by atoms with Crippen LogP contribution in [0.25, 0.3) is 0 Å². The molecule has 0 spiro atoms. The molecule has 1 aliphatic carbocycles. The lowest BCUT2D eigenvalue weighted by Gasteiger charge is -2.43. The second kappa shape index (κ2) is 7.62. The van der Waals surface area contributed by atoms with Crippen LogP contribution in [0.3, 0.4) is 0 Å². The SMILES string of the molecule is CCCC1(C(=O)N(C)C2CCC(CC)CC2)CCNCC1. The monoisotopic (exact) mass is 294 g/mol. The normalized spacial score (nSPS) is 29.1. The smallest absolute Gasteiger partial charge is 0.228 e. The van der Waals surface area contributed by atoms with E-state index in [2.05, 4.69) is 31.1 Å². The third kappa shape index (κ3) is 3.80. The van der Waals surface area contributed by atoms with Gasteiger partial charge in [0, 0.05) is 13.1 Å². The predicted octanol–water partition coefficient (Wildman–Crippen LogP) is 3.58. The Morgan fingerprint density at radius 3 is 2.29 bits per heavy atom. The number of hydrogen-bond acceptors (Lipinski definition) is 2. The van der Waals surface area contributed by atoms with E-state index in [1.807, 2.05) is 0 Å². The average Bonchev–Trinajstić information content (AvgIpc) is 2.54. The van der Waals surface area contributed by atoms with Crippen molar-refractivity contribution in [1.82, 2.24) is 10.2 Å². The molecule has 1 saturated carbocycles. The van der Waals surface area contributed by atoms with Crippen molar-refractivity contribution in [3.63, 3.8) is 0 Å². The Morgan fingerprint density at radius 2 is 1.76 bits per heavy atom. The highest BCUT2D eigenvalue weighted by Crippen LogP contribution is 2.38. The van der Waals surface area contributed by atoms with E-state index in [9.17, 15) is 4.79 Å². The van der Waals surface area contributed by atoms with Gasteiger partial charge in [0.2, 0.25) is 5.91 Å². The predicted molar refractivity (Wildman–Crippen MR) is 88.3 cm³/mol. The van der Waals surface area contributed by atoms with Gasteiger partial charge in [-0.3, -0.25) is 4.79 Å². The average molecular weight is 294 g/mol. The molecule has 0 atom stereocenters. The van der Waals surface area contributed by atoms with E-state index in [0.717, 1.165) is 44.7 Å². The molecule has 0 aromatic heterocycles. The molecule has 0 aromatic rings. The number of carbonyl (C=O) groups excluding carboxylic acids is 1. The maximum atomic E-state index is 13.2. The number of nitrogens with one attached hydrogen (secondary N) is 1. The van der Waals surface area contributed by atoms with Crippen LogP contribution in [0.4, 0.5) is 0 Å². The lowest BCUT2D eigenvalue weighted by molar-refractivity contribution is -0.146. The van der Waals surface area contributed by atoms with Crippen molar-refractivity contribution in [2.45, 2.75) is 77.7 Å². The molecule has 3 heteroatoms. The van der Waals surface area contributed by atoms with Gasteiger partial charge >= 0.3 is 0 Å². The van der Waals surface area contributed by atoms with E-state index in [0.29, 0.717) is 11.9 Å². The van der Waals surface area contributed by atoms with Crippen molar-refractivity contribution < 1.29 is 4.79 Å². The van der Waals surface area contributed by atoms with Crippen molar-refractivity contribution in [2.75, 3.05) is 20.1 Å². The number of amides is 1. The zero-order chi connectivity index (χ0) is 15.3. The highest BCUT2D eigenvalue weighted by Gasteiger charge is 2.42. The molecule has 122 valence electrons. The summed E-state index contributed by atoms with van der Waals surface area (Å²) >= 11 is 0. The maximum absolute atomic E-state index is 13.2. The summed E-state index contributed by atoms with van der Waals surface area (Å²) in [5.74, 6) is 1.33. The van der Waals surface area contributed by atoms with Crippen LogP contribution in [0.2, 0.25) is 0 Å². The molecule has 1 aliphatic heterocycles. The molecule has 2 aliphatic rings. The number of piperidine rings is 1. The Labute approximate surface area is 130 Å². The van der Waals surface area contributed by atoms with Crippen LogP contribution < -0.4 is 5.32 Å². The fraction of sp³-hybridized carbons (Fsp3) is 0.944. The van der Waals surface area contributed by atoms with Crippen molar-refractivity contribution in [3.8, 4) is 0 Å². The third-order valence-electron chi connectivity index (χ3n) is 6.00. The summed E-state index contributed by atoms with van der Waals surface area (Å²) in [6.07, 6.45) is 10.5. The van der Waals surface area contributed by atoms with Crippen molar-refractivity contribution >= 4 is 5.91 Å². The fourth-order valence-corrected chi connectivity index (χ4v) is 4.44. The van der Waals surface area contributed by atoms with Gasteiger partial charge in [-0.25, -0.2) is 0 Å². The molecule has 1 amide bonds. The molecule has 2 fully saturated rings. The second-order valence-corrected chi connectivity index (χ2v) is 7.28. The van der Waals surface area contributed by atoms with Gasteiger partial charge in [0.1, 0.15) is 0 Å². The van der Waals surface area contributed by atoms with E-state index in [1.54, 1.807) is 0 Å². The van der Waals surface area contributed by atoms with Gasteiger partial charge < -0.3 is 10.2 Å². The molecule has 2 rings (SSSR count). The van der Waals surface area contributed by atoms with Crippen molar-refractivity contribution in [1.29, 1.82) is 0 Å². The minimum absolute atomic E-state index is 0.0731. The molecule has 0 radical (unpaired) electrons. The Bertz CT molecular complexity index is 323. The molecule has 1 heterocycles. The van der Waals surface area contributed by atoms with E-state index < -0.39 is 0 Å². The molecule has 1 N–H and O–H groups in total. The third-order valence-corrected chi connectivity index (χ3v) is 6.00. The minimum atomic E-state index is -0.0731. The van der Waals surface area contributed by atoms with E-state index in [1.165, 1.54) is 32.1 Å². The van der Waals surface area contributed by atoms with Gasteiger partial charge in [0.05, 0.1) is 5.41 Å². The summed E-state index contributed by atoms with van der Waals surface area (Å²) in [6, 6.07) is 0.490. The van der Waals surface area contributed by atoms with Gasteiger partial charge in [-0.1, -0.05) is 26.7 Å². The molecule has 1 saturated heterocycles. The van der Waals surface area contributed by atoms with Gasteiger partial charge in [-0.2, -0.15) is 0 Å². The van der Waals surface area contributed by atoms with Gasteiger partial charge in [-0.15, -0.1) is 0 Å². The van der Waals surface area contributed by atoms with Crippen LogP contribution in [0.1, 0.15) is 71.6 Å². The quantitative estimate of drug-likeness (QED) is 0.840. The zero-order valence-electron chi connectivity index (χ0n) is 14.3. The van der Waals surface area contributed by atoms with Crippen LogP contribution in [0.15, 0.2) is 0 Å². The summed E-state index contributed by atoms with van der Waals surface area (Å²) in [5.41, 5.74) is -0.0731. The molecule has 0 unspecified atom stereocenters. The molecule has 0 bridgehead atoms. The largest absolute Gasteiger partial charge is 0.342 e. The molecular weight excluding hydrogens is 260 g/mol. The molecule has 21 heavy (non-hydrogen) atoms. The van der Waals surface area contributed by atoms with Crippen molar-refractivity contribution in [2.24, 2.45) is 11.3 Å². The highest BCUT2D eigenvalue weighted by atomic mass is 16.2. The highest BCUT2D eigenvalue weighted by molar-refractivity contribution is 5.83. The number of rotatable bonds is 5. The Balaban J connectivity index is 1.99. The van der Waals surface area contributed by atoms with Crippen molar-refractivity contribution in [3.05, 3.63) is 0 Å². The first-order valence-electron chi connectivity index (χ1n) is 9.11. The first-order valence-corrected chi connectivity index (χ1v) is 9.11.